The van der Waals surface area contributed by atoms with Crippen molar-refractivity contribution in [3.05, 3.63) is 135 Å². The average Bonchev–Trinajstić information content (AvgIpc) is 1.88. The van der Waals surface area contributed by atoms with Crippen LogP contribution < -0.4 is 77.4 Å². The van der Waals surface area contributed by atoms with Crippen molar-refractivity contribution in [1.82, 2.24) is 42.1 Å². The maximum atomic E-state index is 14.8. The van der Waals surface area contributed by atoms with Crippen LogP contribution >= 0.6 is 22.6 Å². The van der Waals surface area contributed by atoms with Gasteiger partial charge in [-0.15, -0.1) is 0 Å². The Morgan fingerprint density at radius 2 is 0.989 bits per heavy atom. The Labute approximate surface area is 549 Å². The summed E-state index contributed by atoms with van der Waals surface area (Å²) in [5.74, 6) is -10.7. The summed E-state index contributed by atoms with van der Waals surface area (Å²) in [6.07, 6.45) is -1.90. The predicted molar refractivity (Wildman–Crippen MR) is 350 cm³/mol. The summed E-state index contributed by atoms with van der Waals surface area (Å²) in [5.41, 5.74) is 41.4. The molecule has 0 bridgehead atoms. The number of aliphatic imine (C=N–C) groups is 2. The fourth-order valence-electron chi connectivity index (χ4n) is 10.1. The van der Waals surface area contributed by atoms with E-state index in [1.807, 2.05) is 22.6 Å². The predicted octanol–water partition coefficient (Wildman–Crippen LogP) is -2.61. The van der Waals surface area contributed by atoms with Gasteiger partial charge < -0.3 is 87.4 Å². The van der Waals surface area contributed by atoms with Gasteiger partial charge in [0.1, 0.15) is 54.1 Å². The molecule has 4 aromatic rings. The number of ketones is 1. The van der Waals surface area contributed by atoms with Gasteiger partial charge in [0.2, 0.25) is 65.0 Å². The summed E-state index contributed by atoms with van der Waals surface area (Å²) in [4.78, 5) is 173. The van der Waals surface area contributed by atoms with E-state index in [9.17, 15) is 62.6 Å². The molecule has 0 aromatic heterocycles. The lowest BCUT2D eigenvalue weighted by atomic mass is 9.98. The molecule has 31 heteroatoms. The number of nitrogens with zero attached hydrogens (tertiary/aromatic N) is 3. The van der Waals surface area contributed by atoms with Crippen LogP contribution in [0.15, 0.2) is 113 Å². The molecular formula is C62H80IN17O13. The number of benzene rings is 4. The van der Waals surface area contributed by atoms with Crippen LogP contribution in [-0.2, 0) is 72.0 Å². The van der Waals surface area contributed by atoms with E-state index in [1.165, 1.54) is 17.9 Å². The average molecular weight is 1400 g/mol. The Balaban J connectivity index is 1.37. The van der Waals surface area contributed by atoms with Crippen molar-refractivity contribution in [2.45, 2.75) is 132 Å². The normalized spacial score (nSPS) is 14.7. The van der Waals surface area contributed by atoms with Crippen LogP contribution in [-0.4, -0.2) is 161 Å². The van der Waals surface area contributed by atoms with Crippen LogP contribution in [0.2, 0.25) is 0 Å². The zero-order valence-corrected chi connectivity index (χ0v) is 53.3. The van der Waals surface area contributed by atoms with Crippen molar-refractivity contribution in [1.29, 1.82) is 0 Å². The quantitative estimate of drug-likeness (QED) is 0.00730. The van der Waals surface area contributed by atoms with Crippen LogP contribution in [0.5, 0.6) is 5.75 Å². The van der Waals surface area contributed by atoms with E-state index in [2.05, 4.69) is 47.2 Å². The van der Waals surface area contributed by atoms with Crippen molar-refractivity contribution in [3.8, 4) is 5.75 Å². The number of carbonyl (C=O) groups is 12. The lowest BCUT2D eigenvalue weighted by molar-refractivity contribution is -0.143. The third-order valence-electron chi connectivity index (χ3n) is 14.7. The molecule has 1 aliphatic rings. The van der Waals surface area contributed by atoms with Gasteiger partial charge in [0, 0.05) is 63.4 Å². The number of carbonyl (C=O) groups excluding carboxylic acids is 12. The molecule has 1 heterocycles. The molecule has 1 fully saturated rings. The number of hydrogen-bond donors (Lipinski definition) is 15. The molecule has 0 radical (unpaired) electrons. The molecule has 0 spiro atoms. The van der Waals surface area contributed by atoms with Gasteiger partial charge in [-0.25, -0.2) is 0 Å². The van der Waals surface area contributed by atoms with Gasteiger partial charge in [-0.1, -0.05) is 91.0 Å². The van der Waals surface area contributed by atoms with Crippen LogP contribution in [0, 0.1) is 3.57 Å². The Hall–Kier alpha value is -10.2. The number of phenols is 1. The van der Waals surface area contributed by atoms with E-state index in [0.717, 1.165) is 0 Å². The zero-order chi connectivity index (χ0) is 68.3. The van der Waals surface area contributed by atoms with Crippen LogP contribution in [0.4, 0.5) is 0 Å². The molecule has 22 N–H and O–H groups in total. The highest BCUT2D eigenvalue weighted by molar-refractivity contribution is 14.1. The standard InChI is InChI=1S/C62H80IN17O13/c1-34(81)73-45(31-36-18-21-39(22-19-36)52(85)38-13-6-3-7-14-38)56(89)78-46(30-35-11-4-2-5-12-35)57(90)74-42(23-25-50(64)83)55(88)79-47(33-51(65)84)58(91)76-43(16-9-27-72-62(69)70)60(93)80-28-10-17-48(80)59(92)75-41(15-8-26-71-61(67)68)54(87)77-44(53(66)86)32-37-20-24-49(82)40(63)29-37/h2-7,11-14,18-22,24,29,41-48,82H,8-10,15-17,23,25-28,30-33H2,1H3,(H2,64,83)(H2,65,84)(H2,66,86)(H,73,81)(H,74,90)(H,75,92)(H,76,91)(H,77,87)(H,78,89)(H,79,88)(H4,67,68,71)(H4,69,70,72)/t41-,42-,43-,44-,45+,46-,47-,48+/m0/s1. The molecule has 93 heavy (non-hydrogen) atoms. The lowest BCUT2D eigenvalue weighted by Gasteiger charge is -2.31. The number of phenolic OH excluding ortho intramolecular Hbond substituents is 1. The minimum absolute atomic E-state index is 0.00442. The Bertz CT molecular complexity index is 3390. The zero-order valence-electron chi connectivity index (χ0n) is 51.1. The molecule has 0 unspecified atom stereocenters. The third-order valence-corrected chi connectivity index (χ3v) is 15.6. The molecule has 1 aliphatic heterocycles. The number of halogens is 1. The van der Waals surface area contributed by atoms with Crippen molar-refractivity contribution >= 4 is 105 Å². The summed E-state index contributed by atoms with van der Waals surface area (Å²) >= 11 is 1.90. The molecule has 30 nitrogen and oxygen atoms in total. The minimum Gasteiger partial charge on any atom is -0.507 e. The van der Waals surface area contributed by atoms with E-state index in [-0.39, 0.29) is 101 Å². The number of aromatic hydroxyl groups is 1. The van der Waals surface area contributed by atoms with Crippen molar-refractivity contribution in [2.75, 3.05) is 19.6 Å². The number of nitrogens with one attached hydrogen (secondary N) is 7. The van der Waals surface area contributed by atoms with E-state index < -0.39 is 133 Å². The Kier molecular flexibility index (Phi) is 28.9. The highest BCUT2D eigenvalue weighted by atomic mass is 127. The Morgan fingerprint density at radius 1 is 0.527 bits per heavy atom. The molecule has 4 aromatic carbocycles. The number of nitrogens with two attached hydrogens (primary N) is 7. The van der Waals surface area contributed by atoms with Gasteiger partial charge in [-0.3, -0.25) is 67.5 Å². The SMILES string of the molecule is CC(=O)N[C@H](Cc1ccc(C(=O)c2ccccc2)cc1)C(=O)N[C@@H](Cc1ccccc1)C(=O)N[C@@H](CCC(N)=O)C(=O)N[C@@H](CC(N)=O)C(=O)N[C@@H](CCCN=C(N)N)C(=O)N1CCC[C@@H]1C(=O)N[C@@H](CCCN=C(N)N)C(=O)N[C@@H](Cc1ccc(O)c(I)c1)C(N)=O. The molecule has 498 valence electrons. The monoisotopic (exact) mass is 1400 g/mol. The highest BCUT2D eigenvalue weighted by Gasteiger charge is 2.41. The first-order valence-corrected chi connectivity index (χ1v) is 30.8. The molecule has 5 rings (SSSR count). The Morgan fingerprint density at radius 3 is 1.54 bits per heavy atom. The summed E-state index contributed by atoms with van der Waals surface area (Å²) in [7, 11) is 0. The van der Waals surface area contributed by atoms with Gasteiger partial charge in [-0.2, -0.15) is 0 Å². The van der Waals surface area contributed by atoms with Crippen molar-refractivity contribution < 1.29 is 62.6 Å². The number of primary amides is 3. The van der Waals surface area contributed by atoms with Crippen LogP contribution in [0.25, 0.3) is 0 Å². The van der Waals surface area contributed by atoms with Crippen LogP contribution in [0.1, 0.15) is 97.3 Å². The number of likely N-dealkylation sites (tertiary alicyclic amines) is 1. The summed E-state index contributed by atoms with van der Waals surface area (Å²) in [6, 6.07) is 16.3. The molecule has 8 atom stereocenters. The molecule has 0 saturated carbocycles. The van der Waals surface area contributed by atoms with Gasteiger partial charge in [0.05, 0.1) is 9.99 Å². The van der Waals surface area contributed by atoms with Crippen molar-refractivity contribution in [3.63, 3.8) is 0 Å². The maximum Gasteiger partial charge on any atom is 0.245 e. The molecule has 1 saturated heterocycles. The molecule has 11 amide bonds. The largest absolute Gasteiger partial charge is 0.507 e. The van der Waals surface area contributed by atoms with E-state index in [1.54, 1.807) is 97.1 Å². The first-order chi connectivity index (χ1) is 44.2. The first-order valence-electron chi connectivity index (χ1n) is 29.8. The fraction of sp³-hybridized carbons (Fsp3) is 0.387. The lowest BCUT2D eigenvalue weighted by Crippen LogP contribution is -2.60. The second-order valence-electron chi connectivity index (χ2n) is 22.1. The van der Waals surface area contributed by atoms with Crippen LogP contribution in [0.3, 0.4) is 0 Å². The second-order valence-corrected chi connectivity index (χ2v) is 23.2. The van der Waals surface area contributed by atoms with Gasteiger partial charge in [0.25, 0.3) is 0 Å². The van der Waals surface area contributed by atoms with E-state index >= 15 is 0 Å². The number of guanidine groups is 2. The number of rotatable bonds is 36. The first kappa shape index (κ1) is 73.5. The van der Waals surface area contributed by atoms with E-state index in [4.69, 9.17) is 40.1 Å². The summed E-state index contributed by atoms with van der Waals surface area (Å²) < 4.78 is 0.474. The van der Waals surface area contributed by atoms with Gasteiger partial charge in [-0.05, 0) is 96.4 Å². The minimum atomic E-state index is -1.86. The number of hydrogen-bond acceptors (Lipinski definition) is 15. The summed E-state index contributed by atoms with van der Waals surface area (Å²) in [5, 5.41) is 28.1. The molecular weight excluding hydrogens is 1320 g/mol. The van der Waals surface area contributed by atoms with Gasteiger partial charge in [0.15, 0.2) is 17.7 Å². The van der Waals surface area contributed by atoms with Crippen molar-refractivity contribution in [2.24, 2.45) is 50.1 Å². The molecule has 0 aliphatic carbocycles. The summed E-state index contributed by atoms with van der Waals surface area (Å²) in [6.45, 7) is 1.16. The number of amides is 11. The smallest absolute Gasteiger partial charge is 0.245 e. The second kappa shape index (κ2) is 36.6. The van der Waals surface area contributed by atoms with E-state index in [0.29, 0.717) is 31.4 Å². The highest BCUT2D eigenvalue weighted by Crippen LogP contribution is 2.23. The third kappa shape index (κ3) is 24.5. The van der Waals surface area contributed by atoms with Gasteiger partial charge >= 0.3 is 0 Å². The topological polar surface area (TPSA) is 519 Å². The fourth-order valence-corrected chi connectivity index (χ4v) is 10.6. The maximum absolute atomic E-state index is 14.8.